The zero-order valence-corrected chi connectivity index (χ0v) is 13.7. The van der Waals surface area contributed by atoms with Crippen LogP contribution in [0.4, 0.5) is 5.95 Å². The molecule has 0 aliphatic carbocycles. The van der Waals surface area contributed by atoms with E-state index >= 15 is 0 Å². The lowest BCUT2D eigenvalue weighted by molar-refractivity contribution is 0.0860. The van der Waals surface area contributed by atoms with Gasteiger partial charge in [0.1, 0.15) is 5.60 Å². The minimum Gasteiger partial charge on any atom is -0.379 e. The van der Waals surface area contributed by atoms with E-state index in [1.807, 2.05) is 42.5 Å². The van der Waals surface area contributed by atoms with Crippen LogP contribution in [0.3, 0.4) is 0 Å². The molecule has 1 unspecified atom stereocenters. The maximum absolute atomic E-state index is 11.3. The van der Waals surface area contributed by atoms with Crippen LogP contribution in [-0.2, 0) is 5.60 Å². The van der Waals surface area contributed by atoms with E-state index in [1.165, 1.54) is 0 Å². The van der Waals surface area contributed by atoms with Crippen LogP contribution in [0.1, 0.15) is 42.9 Å². The van der Waals surface area contributed by atoms with Crippen molar-refractivity contribution in [3.63, 3.8) is 0 Å². The minimum absolute atomic E-state index is 0.0380. The fourth-order valence-corrected chi connectivity index (χ4v) is 3.04. The Morgan fingerprint density at radius 2 is 1.96 bits per heavy atom. The first-order valence-electron chi connectivity index (χ1n) is 7.90. The zero-order valence-electron chi connectivity index (χ0n) is 13.7. The summed E-state index contributed by atoms with van der Waals surface area (Å²) < 4.78 is 0. The molecule has 0 saturated carbocycles. The number of aromatic nitrogens is 2. The predicted octanol–water partition coefficient (Wildman–Crippen LogP) is 3.42. The Bertz CT molecular complexity index is 908. The Morgan fingerprint density at radius 3 is 2.58 bits per heavy atom. The first kappa shape index (κ1) is 16.0. The number of benzene rings is 2. The highest BCUT2D eigenvalue weighted by atomic mass is 16.3. The molecule has 0 bridgehead atoms. The van der Waals surface area contributed by atoms with E-state index in [0.29, 0.717) is 17.1 Å². The van der Waals surface area contributed by atoms with E-state index in [-0.39, 0.29) is 12.3 Å². The fraction of sp³-hybridized carbons (Fsp3) is 0.263. The van der Waals surface area contributed by atoms with Crippen LogP contribution < -0.4 is 5.73 Å². The molecule has 3 aromatic rings. The second-order valence-corrected chi connectivity index (χ2v) is 6.30. The number of nitriles is 1. The van der Waals surface area contributed by atoms with Crippen molar-refractivity contribution in [2.75, 3.05) is 5.73 Å². The number of fused-ring (bicyclic) bond motifs is 1. The lowest BCUT2D eigenvalue weighted by atomic mass is 9.82. The van der Waals surface area contributed by atoms with Gasteiger partial charge in [-0.2, -0.15) is 5.26 Å². The van der Waals surface area contributed by atoms with Gasteiger partial charge in [0, 0.05) is 0 Å². The Hall–Kier alpha value is -2.84. The number of nitrogens with zero attached hydrogens (tertiary/aromatic N) is 2. The van der Waals surface area contributed by atoms with Crippen molar-refractivity contribution >= 4 is 17.0 Å². The van der Waals surface area contributed by atoms with Crippen LogP contribution in [0.15, 0.2) is 42.5 Å². The average Bonchev–Trinajstić information content (AvgIpc) is 2.94. The molecule has 0 saturated heterocycles. The summed E-state index contributed by atoms with van der Waals surface area (Å²) in [6.45, 7) is 4.13. The first-order valence-corrected chi connectivity index (χ1v) is 7.90. The Morgan fingerprint density at radius 1 is 1.25 bits per heavy atom. The van der Waals surface area contributed by atoms with Gasteiger partial charge in [0.25, 0.3) is 0 Å². The number of nitrogen functional groups attached to an aromatic ring is 1. The molecule has 0 spiro atoms. The molecule has 0 amide bonds. The highest BCUT2D eigenvalue weighted by Crippen LogP contribution is 2.37. The molecular weight excluding hydrogens is 300 g/mol. The zero-order chi connectivity index (χ0) is 17.3. The molecule has 1 atom stereocenters. The lowest BCUT2D eigenvalue weighted by Crippen LogP contribution is -2.27. The molecule has 5 heteroatoms. The second kappa shape index (κ2) is 5.99. The van der Waals surface area contributed by atoms with E-state index in [0.717, 1.165) is 16.6 Å². The smallest absolute Gasteiger partial charge is 0.198 e. The van der Waals surface area contributed by atoms with Gasteiger partial charge in [0.2, 0.25) is 0 Å². The van der Waals surface area contributed by atoms with Crippen molar-refractivity contribution in [2.45, 2.75) is 31.8 Å². The maximum atomic E-state index is 11.3. The van der Waals surface area contributed by atoms with E-state index in [9.17, 15) is 10.4 Å². The summed E-state index contributed by atoms with van der Waals surface area (Å²) in [4.78, 5) is 7.38. The van der Waals surface area contributed by atoms with Crippen molar-refractivity contribution in [1.29, 1.82) is 5.26 Å². The maximum Gasteiger partial charge on any atom is 0.198 e. The van der Waals surface area contributed by atoms with Crippen LogP contribution in [0.5, 0.6) is 0 Å². The van der Waals surface area contributed by atoms with Gasteiger partial charge >= 0.3 is 0 Å². The molecule has 2 aromatic carbocycles. The van der Waals surface area contributed by atoms with Crippen molar-refractivity contribution in [2.24, 2.45) is 0 Å². The minimum atomic E-state index is -1.38. The summed E-state index contributed by atoms with van der Waals surface area (Å²) in [7, 11) is 0. The van der Waals surface area contributed by atoms with Gasteiger partial charge in [-0.1, -0.05) is 44.2 Å². The van der Waals surface area contributed by atoms with E-state index in [1.54, 1.807) is 0 Å². The summed E-state index contributed by atoms with van der Waals surface area (Å²) in [5.74, 6) is 0.546. The summed E-state index contributed by atoms with van der Waals surface area (Å²) in [6.07, 6.45) is -0.0380. The number of imidazole rings is 1. The highest BCUT2D eigenvalue weighted by Gasteiger charge is 2.32. The molecule has 24 heavy (non-hydrogen) atoms. The molecule has 0 aliphatic rings. The van der Waals surface area contributed by atoms with Crippen molar-refractivity contribution < 1.29 is 5.11 Å². The standard InChI is InChI=1S/C19H20N4O/c1-12(2)15-10-14(11-16-17(15)23-18(21)22-16)19(24,8-9-20)13-6-4-3-5-7-13/h3-7,10-12,24H,8H2,1-2H3,(H3,21,22,23). The SMILES string of the molecule is CC(C)c1cc(C(O)(CC#N)c2ccccc2)cc2[nH]c(N)nc12. The average molecular weight is 320 g/mol. The molecular formula is C19H20N4O. The van der Waals surface area contributed by atoms with Gasteiger partial charge < -0.3 is 15.8 Å². The number of hydrogen-bond donors (Lipinski definition) is 3. The number of hydrogen-bond acceptors (Lipinski definition) is 4. The monoisotopic (exact) mass is 320 g/mol. The van der Waals surface area contributed by atoms with E-state index in [4.69, 9.17) is 5.73 Å². The van der Waals surface area contributed by atoms with Crippen molar-refractivity contribution in [3.8, 4) is 6.07 Å². The summed E-state index contributed by atoms with van der Waals surface area (Å²) in [5, 5.41) is 20.6. The number of rotatable bonds is 4. The number of aromatic amines is 1. The molecule has 0 fully saturated rings. The number of nitrogens with two attached hydrogens (primary N) is 1. The van der Waals surface area contributed by atoms with Crippen molar-refractivity contribution in [1.82, 2.24) is 9.97 Å². The molecule has 5 nitrogen and oxygen atoms in total. The number of nitrogens with one attached hydrogen (secondary N) is 1. The van der Waals surface area contributed by atoms with Gasteiger partial charge in [0.15, 0.2) is 5.95 Å². The van der Waals surface area contributed by atoms with Gasteiger partial charge in [-0.3, -0.25) is 0 Å². The number of H-pyrrole nitrogens is 1. The molecule has 0 aliphatic heterocycles. The molecule has 1 heterocycles. The van der Waals surface area contributed by atoms with Gasteiger partial charge in [0.05, 0.1) is 23.5 Å². The normalized spacial score (nSPS) is 13.8. The number of anilines is 1. The van der Waals surface area contributed by atoms with Crippen LogP contribution in [0, 0.1) is 11.3 Å². The summed E-state index contributed by atoms with van der Waals surface area (Å²) in [6, 6.07) is 15.1. The third-order valence-electron chi connectivity index (χ3n) is 4.32. The highest BCUT2D eigenvalue weighted by molar-refractivity contribution is 5.82. The van der Waals surface area contributed by atoms with Gasteiger partial charge in [-0.15, -0.1) is 0 Å². The predicted molar refractivity (Wildman–Crippen MR) is 94.3 cm³/mol. The first-order chi connectivity index (χ1) is 11.5. The summed E-state index contributed by atoms with van der Waals surface area (Å²) >= 11 is 0. The molecule has 0 radical (unpaired) electrons. The van der Waals surface area contributed by atoms with Crippen LogP contribution in [-0.4, -0.2) is 15.1 Å². The van der Waals surface area contributed by atoms with Gasteiger partial charge in [-0.25, -0.2) is 4.98 Å². The largest absolute Gasteiger partial charge is 0.379 e. The van der Waals surface area contributed by atoms with Crippen LogP contribution in [0.25, 0.3) is 11.0 Å². The molecule has 1 aromatic heterocycles. The Labute approximate surface area is 140 Å². The molecule has 3 rings (SSSR count). The Balaban J connectivity index is 2.27. The Kier molecular flexibility index (Phi) is 4.00. The van der Waals surface area contributed by atoms with Crippen LogP contribution >= 0.6 is 0 Å². The van der Waals surface area contributed by atoms with Crippen LogP contribution in [0.2, 0.25) is 0 Å². The fourth-order valence-electron chi connectivity index (χ4n) is 3.04. The van der Waals surface area contributed by atoms with E-state index in [2.05, 4.69) is 29.9 Å². The third kappa shape index (κ3) is 2.61. The van der Waals surface area contributed by atoms with E-state index < -0.39 is 5.60 Å². The number of aliphatic hydroxyl groups is 1. The van der Waals surface area contributed by atoms with Crippen molar-refractivity contribution in [3.05, 3.63) is 59.2 Å². The third-order valence-corrected chi connectivity index (χ3v) is 4.32. The van der Waals surface area contributed by atoms with Gasteiger partial charge in [-0.05, 0) is 34.7 Å². The second-order valence-electron chi connectivity index (χ2n) is 6.30. The lowest BCUT2D eigenvalue weighted by Gasteiger charge is -2.28. The molecule has 122 valence electrons. The topological polar surface area (TPSA) is 98.7 Å². The molecule has 4 N–H and O–H groups in total. The quantitative estimate of drug-likeness (QED) is 0.686. The summed E-state index contributed by atoms with van der Waals surface area (Å²) in [5.41, 5.74) is 8.33.